The lowest BCUT2D eigenvalue weighted by Gasteiger charge is -2.11. The Kier molecular flexibility index (Phi) is 4.90. The van der Waals surface area contributed by atoms with Crippen LogP contribution in [0.3, 0.4) is 0 Å². The van der Waals surface area contributed by atoms with E-state index in [4.69, 9.17) is 0 Å². The van der Waals surface area contributed by atoms with Crippen molar-refractivity contribution in [2.24, 2.45) is 0 Å². The Morgan fingerprint density at radius 1 is 1.14 bits per heavy atom. The van der Waals surface area contributed by atoms with Gasteiger partial charge in [-0.05, 0) is 37.1 Å². The highest BCUT2D eigenvalue weighted by atomic mass is 16.3. The molecule has 1 unspecified atom stereocenters. The second-order valence-electron chi connectivity index (χ2n) is 4.94. The molecule has 2 aromatic rings. The first kappa shape index (κ1) is 15.0. The molecule has 0 fully saturated rings. The highest BCUT2D eigenvalue weighted by Gasteiger charge is 2.08. The SMILES string of the molecule is Cc1ccccc1C=CC(=O)Nc1ccccc1C(C)O. The number of aliphatic hydroxyl groups excluding tert-OH is 1. The van der Waals surface area contributed by atoms with Gasteiger partial charge in [0, 0.05) is 17.3 Å². The minimum absolute atomic E-state index is 0.216. The van der Waals surface area contributed by atoms with E-state index < -0.39 is 6.10 Å². The third kappa shape index (κ3) is 4.04. The Morgan fingerprint density at radius 3 is 2.52 bits per heavy atom. The highest BCUT2D eigenvalue weighted by Crippen LogP contribution is 2.22. The first-order valence-corrected chi connectivity index (χ1v) is 6.89. The monoisotopic (exact) mass is 281 g/mol. The molecule has 0 heterocycles. The Hall–Kier alpha value is -2.39. The molecule has 1 amide bonds. The molecule has 0 saturated heterocycles. The first-order valence-electron chi connectivity index (χ1n) is 6.89. The summed E-state index contributed by atoms with van der Waals surface area (Å²) in [5.74, 6) is -0.216. The van der Waals surface area contributed by atoms with Crippen molar-refractivity contribution in [3.63, 3.8) is 0 Å². The third-order valence-electron chi connectivity index (χ3n) is 3.27. The standard InChI is InChI=1S/C18H19NO2/c1-13-7-3-4-8-15(13)11-12-18(21)19-17-10-6-5-9-16(17)14(2)20/h3-12,14,20H,1-2H3,(H,19,21). The molecule has 108 valence electrons. The van der Waals surface area contributed by atoms with E-state index in [0.29, 0.717) is 11.3 Å². The average molecular weight is 281 g/mol. The topological polar surface area (TPSA) is 49.3 Å². The van der Waals surface area contributed by atoms with Gasteiger partial charge in [-0.2, -0.15) is 0 Å². The molecule has 0 aromatic heterocycles. The summed E-state index contributed by atoms with van der Waals surface area (Å²) < 4.78 is 0. The first-order chi connectivity index (χ1) is 10.1. The van der Waals surface area contributed by atoms with Crippen molar-refractivity contribution in [2.45, 2.75) is 20.0 Å². The summed E-state index contributed by atoms with van der Waals surface area (Å²) in [7, 11) is 0. The third-order valence-corrected chi connectivity index (χ3v) is 3.27. The average Bonchev–Trinajstić information content (AvgIpc) is 2.47. The molecule has 1 atom stereocenters. The van der Waals surface area contributed by atoms with Gasteiger partial charge in [0.1, 0.15) is 0 Å². The van der Waals surface area contributed by atoms with Gasteiger partial charge in [0.2, 0.25) is 5.91 Å². The van der Waals surface area contributed by atoms with E-state index in [9.17, 15) is 9.90 Å². The minimum Gasteiger partial charge on any atom is -0.389 e. The number of benzene rings is 2. The second-order valence-corrected chi connectivity index (χ2v) is 4.94. The number of carbonyl (C=O) groups is 1. The maximum absolute atomic E-state index is 12.0. The molecule has 3 nitrogen and oxygen atoms in total. The van der Waals surface area contributed by atoms with Gasteiger partial charge in [0.05, 0.1) is 6.10 Å². The molecular weight excluding hydrogens is 262 g/mol. The Morgan fingerprint density at radius 2 is 1.81 bits per heavy atom. The quantitative estimate of drug-likeness (QED) is 0.839. The summed E-state index contributed by atoms with van der Waals surface area (Å²) in [6.45, 7) is 3.68. The van der Waals surface area contributed by atoms with Crippen LogP contribution in [0.2, 0.25) is 0 Å². The van der Waals surface area contributed by atoms with Crippen LogP contribution >= 0.6 is 0 Å². The van der Waals surface area contributed by atoms with Crippen LogP contribution in [0.1, 0.15) is 29.7 Å². The van der Waals surface area contributed by atoms with Gasteiger partial charge in [0.15, 0.2) is 0 Å². The lowest BCUT2D eigenvalue weighted by molar-refractivity contribution is -0.111. The molecule has 0 aliphatic heterocycles. The molecule has 0 saturated carbocycles. The molecule has 0 spiro atoms. The predicted molar refractivity (Wildman–Crippen MR) is 85.9 cm³/mol. The Bertz CT molecular complexity index is 660. The van der Waals surface area contributed by atoms with Crippen LogP contribution < -0.4 is 5.32 Å². The van der Waals surface area contributed by atoms with E-state index in [0.717, 1.165) is 11.1 Å². The largest absolute Gasteiger partial charge is 0.389 e. The van der Waals surface area contributed by atoms with Crippen molar-refractivity contribution in [1.29, 1.82) is 0 Å². The van der Waals surface area contributed by atoms with Crippen molar-refractivity contribution in [3.05, 3.63) is 71.3 Å². The van der Waals surface area contributed by atoms with Gasteiger partial charge in [-0.15, -0.1) is 0 Å². The molecule has 0 aliphatic rings. The number of hydrogen-bond donors (Lipinski definition) is 2. The van der Waals surface area contributed by atoms with Crippen molar-refractivity contribution in [3.8, 4) is 0 Å². The number of nitrogens with one attached hydrogen (secondary N) is 1. The number of amides is 1. The van der Waals surface area contributed by atoms with Crippen molar-refractivity contribution in [2.75, 3.05) is 5.32 Å². The normalized spacial score (nSPS) is 12.3. The summed E-state index contributed by atoms with van der Waals surface area (Å²) in [5.41, 5.74) is 3.46. The van der Waals surface area contributed by atoms with Crippen LogP contribution in [0.15, 0.2) is 54.6 Å². The molecule has 2 aromatic carbocycles. The summed E-state index contributed by atoms with van der Waals surface area (Å²) in [6, 6.07) is 15.1. The molecular formula is C18H19NO2. The predicted octanol–water partition coefficient (Wildman–Crippen LogP) is 3.70. The van der Waals surface area contributed by atoms with Gasteiger partial charge >= 0.3 is 0 Å². The lowest BCUT2D eigenvalue weighted by atomic mass is 10.1. The maximum Gasteiger partial charge on any atom is 0.248 e. The number of aryl methyl sites for hydroxylation is 1. The van der Waals surface area contributed by atoms with Gasteiger partial charge in [0.25, 0.3) is 0 Å². The number of rotatable bonds is 4. The summed E-state index contributed by atoms with van der Waals surface area (Å²) in [5, 5.41) is 12.5. The number of aliphatic hydroxyl groups is 1. The summed E-state index contributed by atoms with van der Waals surface area (Å²) >= 11 is 0. The van der Waals surface area contributed by atoms with Crippen LogP contribution in [-0.2, 0) is 4.79 Å². The Labute approximate surface area is 124 Å². The summed E-state index contributed by atoms with van der Waals surface area (Å²) in [6.07, 6.45) is 2.67. The molecule has 0 aliphatic carbocycles. The minimum atomic E-state index is -0.623. The fourth-order valence-corrected chi connectivity index (χ4v) is 2.09. The molecule has 21 heavy (non-hydrogen) atoms. The highest BCUT2D eigenvalue weighted by molar-refractivity contribution is 6.02. The second kappa shape index (κ2) is 6.86. The van der Waals surface area contributed by atoms with Crippen molar-refractivity contribution >= 4 is 17.7 Å². The van der Waals surface area contributed by atoms with Gasteiger partial charge in [-0.1, -0.05) is 42.5 Å². The molecule has 0 radical (unpaired) electrons. The zero-order valence-corrected chi connectivity index (χ0v) is 12.2. The van der Waals surface area contributed by atoms with Crippen molar-refractivity contribution in [1.82, 2.24) is 0 Å². The molecule has 0 bridgehead atoms. The number of anilines is 1. The molecule has 2 N–H and O–H groups in total. The zero-order chi connectivity index (χ0) is 15.2. The Balaban J connectivity index is 2.11. The zero-order valence-electron chi connectivity index (χ0n) is 12.2. The summed E-state index contributed by atoms with van der Waals surface area (Å²) in [4.78, 5) is 12.0. The number of hydrogen-bond acceptors (Lipinski definition) is 2. The number of para-hydroxylation sites is 1. The smallest absolute Gasteiger partial charge is 0.248 e. The lowest BCUT2D eigenvalue weighted by Crippen LogP contribution is -2.10. The van der Waals surface area contributed by atoms with Crippen molar-refractivity contribution < 1.29 is 9.90 Å². The van der Waals surface area contributed by atoms with Gasteiger partial charge in [-0.25, -0.2) is 0 Å². The van der Waals surface area contributed by atoms with E-state index in [1.54, 1.807) is 25.1 Å². The van der Waals surface area contributed by atoms with Gasteiger partial charge < -0.3 is 10.4 Å². The fourth-order valence-electron chi connectivity index (χ4n) is 2.09. The van der Waals surface area contributed by atoms with Crippen LogP contribution in [0, 0.1) is 6.92 Å². The van der Waals surface area contributed by atoms with E-state index in [1.165, 1.54) is 6.08 Å². The van der Waals surface area contributed by atoms with E-state index in [-0.39, 0.29) is 5.91 Å². The van der Waals surface area contributed by atoms with E-state index >= 15 is 0 Å². The van der Waals surface area contributed by atoms with Crippen LogP contribution in [-0.4, -0.2) is 11.0 Å². The number of carbonyl (C=O) groups excluding carboxylic acids is 1. The molecule has 2 rings (SSSR count). The maximum atomic E-state index is 12.0. The molecule has 3 heteroatoms. The van der Waals surface area contributed by atoms with Crippen LogP contribution in [0.25, 0.3) is 6.08 Å². The van der Waals surface area contributed by atoms with Crippen LogP contribution in [0.4, 0.5) is 5.69 Å². The van der Waals surface area contributed by atoms with Crippen LogP contribution in [0.5, 0.6) is 0 Å². The van der Waals surface area contributed by atoms with Gasteiger partial charge in [-0.3, -0.25) is 4.79 Å². The van der Waals surface area contributed by atoms with E-state index in [1.807, 2.05) is 43.3 Å². The fraction of sp³-hybridized carbons (Fsp3) is 0.167. The van der Waals surface area contributed by atoms with E-state index in [2.05, 4.69) is 5.32 Å².